The molecule has 0 unspecified atom stereocenters. The molecule has 0 bridgehead atoms. The molecule has 0 aromatic carbocycles. The molecule has 61 valence electrons. The Labute approximate surface area is 95.8 Å². The van der Waals surface area contributed by atoms with Crippen LogP contribution in [-0.4, -0.2) is 46.7 Å². The maximum Gasteiger partial charge on any atom is 0.488 e. The van der Waals surface area contributed by atoms with Crippen LogP contribution in [0, 0.1) is 5.41 Å². The molecule has 0 spiro atoms. The summed E-state index contributed by atoms with van der Waals surface area (Å²) in [5.74, 6) is 0. The minimum Gasteiger partial charge on any atom is -0.423 e. The summed E-state index contributed by atoms with van der Waals surface area (Å²) >= 11 is 0. The van der Waals surface area contributed by atoms with E-state index in [1.165, 1.54) is 0 Å². The predicted octanol–water partition coefficient (Wildman–Crippen LogP) is 0.530. The van der Waals surface area contributed by atoms with Gasteiger partial charge in [0, 0.05) is 29.6 Å². The summed E-state index contributed by atoms with van der Waals surface area (Å²) in [7, 11) is -1.32. The summed E-state index contributed by atoms with van der Waals surface area (Å²) in [6.45, 7) is 4.22. The van der Waals surface area contributed by atoms with Gasteiger partial charge in [-0.1, -0.05) is 32.1 Å². The van der Waals surface area contributed by atoms with Crippen molar-refractivity contribution in [2.24, 2.45) is 5.41 Å². The minimum absolute atomic E-state index is 0. The molecule has 0 fully saturated rings. The number of hydrogen-bond donors (Lipinski definition) is 2. The molecule has 0 aliphatic heterocycles. The fourth-order valence-corrected chi connectivity index (χ4v) is 1.03. The molecule has 0 heterocycles. The Balaban J connectivity index is 0.00000121. The van der Waals surface area contributed by atoms with Crippen LogP contribution in [0.5, 0.6) is 0 Å². The zero-order chi connectivity index (χ0) is 8.48. The molecule has 0 aromatic rings. The molecule has 12 heavy (non-hydrogen) atoms. The van der Waals surface area contributed by atoms with Crippen molar-refractivity contribution in [3.8, 4) is 0 Å². The second-order valence-corrected chi connectivity index (χ2v) is 3.60. The van der Waals surface area contributed by atoms with Crippen molar-refractivity contribution in [1.29, 1.82) is 0 Å². The quantitative estimate of drug-likeness (QED) is 0.570. The fraction of sp³-hybridized carbons (Fsp3) is 0.500. The van der Waals surface area contributed by atoms with E-state index in [0.29, 0.717) is 5.47 Å². The van der Waals surface area contributed by atoms with E-state index in [0.717, 1.165) is 6.42 Å². The number of allylic oxidation sites excluding steroid dienone is 4. The van der Waals surface area contributed by atoms with Gasteiger partial charge in [-0.2, -0.15) is 0 Å². The van der Waals surface area contributed by atoms with Crippen molar-refractivity contribution in [3.05, 3.63) is 23.7 Å². The molecule has 1 aliphatic carbocycles. The maximum absolute atomic E-state index is 8.78. The van der Waals surface area contributed by atoms with Crippen molar-refractivity contribution in [1.82, 2.24) is 0 Å². The molecule has 1 aliphatic rings. The van der Waals surface area contributed by atoms with Gasteiger partial charge in [0.15, 0.2) is 0 Å². The first-order chi connectivity index (χ1) is 5.01. The van der Waals surface area contributed by atoms with Crippen molar-refractivity contribution in [2.45, 2.75) is 20.3 Å². The van der Waals surface area contributed by atoms with Crippen LogP contribution in [-0.2, 0) is 0 Å². The third-order valence-corrected chi connectivity index (χ3v) is 1.89. The van der Waals surface area contributed by atoms with E-state index in [2.05, 4.69) is 13.8 Å². The van der Waals surface area contributed by atoms with E-state index in [4.69, 9.17) is 10.0 Å². The van der Waals surface area contributed by atoms with E-state index in [-0.39, 0.29) is 35.0 Å². The summed E-state index contributed by atoms with van der Waals surface area (Å²) in [5.41, 5.74) is 0.766. The summed E-state index contributed by atoms with van der Waals surface area (Å²) < 4.78 is 0. The second kappa shape index (κ2) is 4.63. The van der Waals surface area contributed by atoms with Gasteiger partial charge in [0.1, 0.15) is 0 Å². The van der Waals surface area contributed by atoms with Crippen molar-refractivity contribution < 1.29 is 10.0 Å². The molecule has 0 aromatic heterocycles. The maximum atomic E-state index is 8.78. The molecule has 4 heteroatoms. The van der Waals surface area contributed by atoms with Crippen LogP contribution in [0.15, 0.2) is 23.7 Å². The van der Waals surface area contributed by atoms with E-state index in [1.54, 1.807) is 6.08 Å². The molecule has 0 saturated heterocycles. The zero-order valence-electron chi connectivity index (χ0n) is 7.91. The monoisotopic (exact) mass is 175 g/mol. The van der Waals surface area contributed by atoms with Crippen LogP contribution in [0.1, 0.15) is 20.3 Å². The molecule has 0 amide bonds. The first kappa shape index (κ1) is 12.5. The van der Waals surface area contributed by atoms with Gasteiger partial charge >= 0.3 is 7.12 Å². The van der Waals surface area contributed by atoms with Crippen molar-refractivity contribution >= 4 is 36.7 Å². The van der Waals surface area contributed by atoms with E-state index >= 15 is 0 Å². The predicted molar refractivity (Wildman–Crippen MR) is 51.6 cm³/mol. The minimum atomic E-state index is -1.32. The topological polar surface area (TPSA) is 40.5 Å². The molecule has 2 N–H and O–H groups in total. The van der Waals surface area contributed by atoms with Crippen LogP contribution >= 0.6 is 0 Å². The Morgan fingerprint density at radius 2 is 2.00 bits per heavy atom. The van der Waals surface area contributed by atoms with E-state index in [9.17, 15) is 0 Å². The smallest absolute Gasteiger partial charge is 0.423 e. The van der Waals surface area contributed by atoms with Gasteiger partial charge in [0.2, 0.25) is 0 Å². The van der Waals surface area contributed by atoms with Gasteiger partial charge < -0.3 is 10.0 Å². The number of hydrogen-bond acceptors (Lipinski definition) is 2. The van der Waals surface area contributed by atoms with Crippen LogP contribution in [0.4, 0.5) is 0 Å². The van der Waals surface area contributed by atoms with Gasteiger partial charge in [-0.15, -0.1) is 0 Å². The third-order valence-electron chi connectivity index (χ3n) is 1.89. The molecular weight excluding hydrogens is 162 g/mol. The summed E-state index contributed by atoms with van der Waals surface area (Å²) in [6, 6.07) is 0. The van der Waals surface area contributed by atoms with Crippen LogP contribution in [0.25, 0.3) is 0 Å². The summed E-state index contributed by atoms with van der Waals surface area (Å²) in [4.78, 5) is 0. The van der Waals surface area contributed by atoms with Crippen LogP contribution in [0.3, 0.4) is 0 Å². The Bertz CT molecular complexity index is 209. The van der Waals surface area contributed by atoms with Crippen LogP contribution in [0.2, 0.25) is 0 Å². The molecule has 1 rings (SSSR count). The summed E-state index contributed by atoms with van der Waals surface area (Å²) in [5, 5.41) is 17.6. The fourth-order valence-electron chi connectivity index (χ4n) is 1.03. The molecule has 0 saturated carbocycles. The Morgan fingerprint density at radius 1 is 1.42 bits per heavy atom. The molecule has 0 atom stereocenters. The average Bonchev–Trinajstić information content (AvgIpc) is 1.86. The van der Waals surface area contributed by atoms with E-state index in [1.807, 2.05) is 12.2 Å². The van der Waals surface area contributed by atoms with Crippen molar-refractivity contribution in [3.63, 3.8) is 0 Å². The van der Waals surface area contributed by atoms with Gasteiger partial charge in [0.05, 0.1) is 0 Å². The van der Waals surface area contributed by atoms with Gasteiger partial charge in [0.25, 0.3) is 0 Å². The first-order valence-electron chi connectivity index (χ1n) is 3.77. The average molecular weight is 175 g/mol. The van der Waals surface area contributed by atoms with Gasteiger partial charge in [-0.3, -0.25) is 0 Å². The number of rotatable bonds is 1. The third kappa shape index (κ3) is 3.46. The van der Waals surface area contributed by atoms with Gasteiger partial charge in [-0.25, -0.2) is 0 Å². The molecule has 2 nitrogen and oxygen atoms in total. The van der Waals surface area contributed by atoms with Crippen molar-refractivity contribution in [2.75, 3.05) is 0 Å². The molecule has 1 radical (unpaired) electrons. The second-order valence-electron chi connectivity index (χ2n) is 3.60. The molecular formula is C8H13BNaO2. The van der Waals surface area contributed by atoms with Gasteiger partial charge in [-0.05, 0) is 17.3 Å². The largest absolute Gasteiger partial charge is 0.488 e. The zero-order valence-corrected chi connectivity index (χ0v) is 9.91. The Kier molecular flexibility index (Phi) is 4.81. The Morgan fingerprint density at radius 3 is 2.33 bits per heavy atom. The summed E-state index contributed by atoms with van der Waals surface area (Å²) in [6.07, 6.45) is 6.51. The Hall–Kier alpha value is 0.465. The normalized spacial score (nSPS) is 19.5. The van der Waals surface area contributed by atoms with E-state index < -0.39 is 7.12 Å². The SMILES string of the molecule is CC1(C)C=CC(B(O)O)=CC1.[Na]. The standard InChI is InChI=1S/C8H13BO2.Na/c1-8(2)5-3-7(4-6-8)9(10)11;/h3-5,10-11H,6H2,1-2H3;. The van der Waals surface area contributed by atoms with Crippen LogP contribution < -0.4 is 0 Å². The first-order valence-corrected chi connectivity index (χ1v) is 3.77.